The number of alkyl halides is 2. The molecule has 2 N–H and O–H groups in total. The van der Waals surface area contributed by atoms with Gasteiger partial charge >= 0.3 is 5.92 Å². The number of likely N-dealkylation sites (tertiary alicyclic amines) is 1. The van der Waals surface area contributed by atoms with Crippen LogP contribution in [0, 0.1) is 5.92 Å². The van der Waals surface area contributed by atoms with Crippen LogP contribution in [0.15, 0.2) is 0 Å². The van der Waals surface area contributed by atoms with Crippen molar-refractivity contribution in [3.8, 4) is 0 Å². The number of halogens is 2. The van der Waals surface area contributed by atoms with Gasteiger partial charge in [0, 0.05) is 19.5 Å². The van der Waals surface area contributed by atoms with Crippen molar-refractivity contribution in [2.75, 3.05) is 19.6 Å². The Kier molecular flexibility index (Phi) is 3.13. The Hall–Kier alpha value is -0.260. The topological polar surface area (TPSA) is 43.7 Å². The molecule has 1 saturated heterocycles. The van der Waals surface area contributed by atoms with Crippen LogP contribution < -0.4 is 0 Å². The minimum Gasteiger partial charge on any atom is -0.361 e. The van der Waals surface area contributed by atoms with Crippen LogP contribution in [0.3, 0.4) is 0 Å². The highest BCUT2D eigenvalue weighted by molar-refractivity contribution is 4.94. The van der Waals surface area contributed by atoms with Gasteiger partial charge in [0.1, 0.15) is 0 Å². The number of hydrogen-bond donors (Lipinski definition) is 2. The van der Waals surface area contributed by atoms with Crippen LogP contribution in [-0.4, -0.2) is 46.5 Å². The van der Waals surface area contributed by atoms with Gasteiger partial charge in [0.25, 0.3) is 0 Å². The number of hydrogen-bond acceptors (Lipinski definition) is 3. The predicted molar refractivity (Wildman–Crippen MR) is 47.8 cm³/mol. The molecule has 1 aliphatic heterocycles. The van der Waals surface area contributed by atoms with Crippen LogP contribution in [-0.2, 0) is 0 Å². The maximum absolute atomic E-state index is 13.1. The number of nitrogens with zero attached hydrogens (tertiary/aromatic N) is 1. The summed E-state index contributed by atoms with van der Waals surface area (Å²) in [5, 5.41) is 18.1. The summed E-state index contributed by atoms with van der Waals surface area (Å²) < 4.78 is 26.3. The first-order valence-corrected chi connectivity index (χ1v) is 4.58. The van der Waals surface area contributed by atoms with Gasteiger partial charge in [-0.25, -0.2) is 0 Å². The molecule has 0 bridgehead atoms. The Morgan fingerprint density at radius 2 is 1.93 bits per heavy atom. The van der Waals surface area contributed by atoms with Gasteiger partial charge < -0.3 is 10.2 Å². The molecule has 0 aliphatic carbocycles. The zero-order valence-electron chi connectivity index (χ0n) is 8.43. The van der Waals surface area contributed by atoms with E-state index >= 15 is 0 Å². The Morgan fingerprint density at radius 1 is 1.36 bits per heavy atom. The van der Waals surface area contributed by atoms with Crippen molar-refractivity contribution in [1.82, 2.24) is 4.90 Å². The van der Waals surface area contributed by atoms with E-state index in [2.05, 4.69) is 0 Å². The lowest BCUT2D eigenvalue weighted by Crippen LogP contribution is -2.60. The first-order valence-electron chi connectivity index (χ1n) is 4.58. The summed E-state index contributed by atoms with van der Waals surface area (Å²) in [6.07, 6.45) is -0.312. The first-order chi connectivity index (χ1) is 6.24. The fourth-order valence-electron chi connectivity index (χ4n) is 1.57. The summed E-state index contributed by atoms with van der Waals surface area (Å²) in [6.45, 7) is 3.89. The second kappa shape index (κ2) is 3.72. The van der Waals surface area contributed by atoms with E-state index in [0.717, 1.165) is 5.92 Å². The van der Waals surface area contributed by atoms with Gasteiger partial charge in [0.15, 0.2) is 0 Å². The van der Waals surface area contributed by atoms with E-state index in [9.17, 15) is 8.78 Å². The second-order valence-electron chi connectivity index (χ2n) is 4.19. The third-order valence-corrected chi connectivity index (χ3v) is 2.32. The molecule has 1 fully saturated rings. The maximum Gasteiger partial charge on any atom is 0.312 e. The largest absolute Gasteiger partial charge is 0.361 e. The summed E-state index contributed by atoms with van der Waals surface area (Å²) in [5.74, 6) is -5.25. The molecule has 0 spiro atoms. The quantitative estimate of drug-likeness (QED) is 0.654. The summed E-state index contributed by atoms with van der Waals surface area (Å²) in [4.78, 5) is 1.53. The molecule has 0 atom stereocenters. The molecule has 0 saturated carbocycles. The predicted octanol–water partition coefficient (Wildman–Crippen LogP) is 0.623. The van der Waals surface area contributed by atoms with E-state index in [4.69, 9.17) is 10.2 Å². The van der Waals surface area contributed by atoms with Crippen LogP contribution in [0.25, 0.3) is 0 Å². The van der Waals surface area contributed by atoms with Crippen LogP contribution in [0.2, 0.25) is 0 Å². The standard InChI is InChI=1S/C9H16F2NO2/c1-7(2)5-12-4-3-9(13,14)8(10,11)6-12/h13-14H,3-6H2,1-2H3. The molecule has 1 aliphatic rings. The Bertz CT molecular complexity index is 207. The molecule has 3 nitrogen and oxygen atoms in total. The van der Waals surface area contributed by atoms with Crippen molar-refractivity contribution >= 4 is 0 Å². The zero-order chi connectivity index (χ0) is 11.0. The Morgan fingerprint density at radius 3 is 2.36 bits per heavy atom. The van der Waals surface area contributed by atoms with E-state index in [1.807, 2.05) is 13.8 Å². The SMILES string of the molecule is C[C](C)CN1CCC(O)(O)C(F)(F)C1. The summed E-state index contributed by atoms with van der Waals surface area (Å²) in [6, 6.07) is 0. The van der Waals surface area contributed by atoms with E-state index in [1.54, 1.807) is 0 Å². The van der Waals surface area contributed by atoms with E-state index in [1.165, 1.54) is 4.90 Å². The molecule has 0 unspecified atom stereocenters. The second-order valence-corrected chi connectivity index (χ2v) is 4.19. The molecule has 1 heterocycles. The minimum atomic E-state index is -3.44. The van der Waals surface area contributed by atoms with E-state index in [0.29, 0.717) is 6.54 Å². The van der Waals surface area contributed by atoms with E-state index in [-0.39, 0.29) is 13.0 Å². The lowest BCUT2D eigenvalue weighted by atomic mass is 9.99. The fraction of sp³-hybridized carbons (Fsp3) is 0.889. The summed E-state index contributed by atoms with van der Waals surface area (Å²) in [5.41, 5.74) is 0. The van der Waals surface area contributed by atoms with Gasteiger partial charge in [0.05, 0.1) is 6.54 Å². The highest BCUT2D eigenvalue weighted by Gasteiger charge is 2.55. The van der Waals surface area contributed by atoms with Crippen LogP contribution >= 0.6 is 0 Å². The molecule has 5 heteroatoms. The third kappa shape index (κ3) is 2.40. The van der Waals surface area contributed by atoms with Gasteiger partial charge in [0.2, 0.25) is 5.79 Å². The van der Waals surface area contributed by atoms with Crippen molar-refractivity contribution in [3.63, 3.8) is 0 Å². The lowest BCUT2D eigenvalue weighted by Gasteiger charge is -2.41. The Balaban J connectivity index is 2.59. The van der Waals surface area contributed by atoms with Gasteiger partial charge in [-0.05, 0) is 5.92 Å². The first kappa shape index (κ1) is 11.8. The smallest absolute Gasteiger partial charge is 0.312 e. The van der Waals surface area contributed by atoms with Crippen LogP contribution in [0.4, 0.5) is 8.78 Å². The van der Waals surface area contributed by atoms with Crippen LogP contribution in [0.5, 0.6) is 0 Å². The molecule has 1 rings (SSSR count). The number of piperidine rings is 1. The molecule has 0 aromatic rings. The zero-order valence-corrected chi connectivity index (χ0v) is 8.43. The molecule has 0 aromatic heterocycles. The average Bonchev–Trinajstić information content (AvgIpc) is 1.96. The molecule has 83 valence electrons. The number of aliphatic hydroxyl groups is 2. The average molecular weight is 208 g/mol. The van der Waals surface area contributed by atoms with Crippen molar-refractivity contribution in [2.24, 2.45) is 0 Å². The molecular formula is C9H16F2NO2. The van der Waals surface area contributed by atoms with Crippen molar-refractivity contribution in [3.05, 3.63) is 5.92 Å². The highest BCUT2D eigenvalue weighted by atomic mass is 19.3. The maximum atomic E-state index is 13.1. The summed E-state index contributed by atoms with van der Waals surface area (Å²) >= 11 is 0. The summed E-state index contributed by atoms with van der Waals surface area (Å²) in [7, 11) is 0. The molecule has 0 aromatic carbocycles. The van der Waals surface area contributed by atoms with Crippen LogP contribution in [0.1, 0.15) is 20.3 Å². The highest BCUT2D eigenvalue weighted by Crippen LogP contribution is 2.34. The minimum absolute atomic E-state index is 0.285. The molecule has 0 amide bonds. The molecule has 1 radical (unpaired) electrons. The van der Waals surface area contributed by atoms with Gasteiger partial charge in [-0.2, -0.15) is 8.78 Å². The third-order valence-electron chi connectivity index (χ3n) is 2.32. The molecular weight excluding hydrogens is 192 g/mol. The van der Waals surface area contributed by atoms with Gasteiger partial charge in [-0.3, -0.25) is 4.90 Å². The lowest BCUT2D eigenvalue weighted by molar-refractivity contribution is -0.317. The Labute approximate surface area is 82.3 Å². The van der Waals surface area contributed by atoms with E-state index < -0.39 is 18.3 Å². The molecule has 14 heavy (non-hydrogen) atoms. The van der Waals surface area contributed by atoms with Gasteiger partial charge in [-0.1, -0.05) is 13.8 Å². The number of rotatable bonds is 2. The monoisotopic (exact) mass is 208 g/mol. The fourth-order valence-corrected chi connectivity index (χ4v) is 1.57. The van der Waals surface area contributed by atoms with Crippen molar-refractivity contribution in [2.45, 2.75) is 32.0 Å². The van der Waals surface area contributed by atoms with Crippen molar-refractivity contribution in [1.29, 1.82) is 0 Å². The normalized spacial score (nSPS) is 26.8. The van der Waals surface area contributed by atoms with Gasteiger partial charge in [-0.15, -0.1) is 0 Å². The van der Waals surface area contributed by atoms with Crippen molar-refractivity contribution < 1.29 is 19.0 Å².